The van der Waals surface area contributed by atoms with E-state index in [1.54, 1.807) is 28.3 Å². The molecule has 0 amide bonds. The van der Waals surface area contributed by atoms with Gasteiger partial charge in [0.15, 0.2) is 6.30 Å². The first-order valence-corrected chi connectivity index (χ1v) is 9.51. The number of halogens is 1. The average molecular weight is 381 g/mol. The van der Waals surface area contributed by atoms with Crippen molar-refractivity contribution in [3.05, 3.63) is 54.2 Å². The van der Waals surface area contributed by atoms with Gasteiger partial charge in [-0.05, 0) is 30.2 Å². The summed E-state index contributed by atoms with van der Waals surface area (Å²) < 4.78 is 14.8. The minimum Gasteiger partial charge on any atom is -0.508 e. The Balaban J connectivity index is 1.88. The maximum Gasteiger partial charge on any atom is 0.245 e. The van der Waals surface area contributed by atoms with Gasteiger partial charge in [0.05, 0.1) is 11.2 Å². The quantitative estimate of drug-likeness (QED) is 0.672. The van der Waals surface area contributed by atoms with Crippen LogP contribution in [0.15, 0.2) is 48.7 Å². The molecule has 1 atom stereocenters. The summed E-state index contributed by atoms with van der Waals surface area (Å²) in [5.41, 5.74) is 2.25. The second kappa shape index (κ2) is 7.69. The van der Waals surface area contributed by atoms with E-state index in [1.807, 2.05) is 44.2 Å². The van der Waals surface area contributed by atoms with E-state index in [1.165, 1.54) is 0 Å². The first-order chi connectivity index (χ1) is 13.6. The number of alkyl halides is 1. The highest BCUT2D eigenvalue weighted by Crippen LogP contribution is 2.34. The SMILES string of the molecule is CC(C)c1c(O)ccc2cnc(N(c3ccccc3)N3CCNCC3F)nc12. The average Bonchev–Trinajstić information content (AvgIpc) is 2.70. The van der Waals surface area contributed by atoms with Gasteiger partial charge in [-0.25, -0.2) is 19.4 Å². The number of anilines is 2. The summed E-state index contributed by atoms with van der Waals surface area (Å²) in [6.45, 7) is 5.44. The number of piperazine rings is 1. The number of hydrogen-bond donors (Lipinski definition) is 2. The fourth-order valence-corrected chi connectivity index (χ4v) is 3.60. The number of phenols is 1. The Morgan fingerprint density at radius 1 is 1.21 bits per heavy atom. The van der Waals surface area contributed by atoms with E-state index in [9.17, 15) is 9.50 Å². The van der Waals surface area contributed by atoms with E-state index in [0.29, 0.717) is 24.6 Å². The molecule has 4 rings (SSSR count). The van der Waals surface area contributed by atoms with Gasteiger partial charge in [-0.1, -0.05) is 32.0 Å². The predicted molar refractivity (Wildman–Crippen MR) is 108 cm³/mol. The lowest BCUT2D eigenvalue weighted by atomic mass is 9.99. The largest absolute Gasteiger partial charge is 0.508 e. The van der Waals surface area contributed by atoms with Gasteiger partial charge >= 0.3 is 0 Å². The lowest BCUT2D eigenvalue weighted by Gasteiger charge is -2.39. The summed E-state index contributed by atoms with van der Waals surface area (Å²) in [5, 5.41) is 17.7. The first kappa shape index (κ1) is 18.6. The van der Waals surface area contributed by atoms with Gasteiger partial charge in [-0.2, -0.15) is 5.01 Å². The maximum atomic E-state index is 14.8. The van der Waals surface area contributed by atoms with Crippen molar-refractivity contribution >= 4 is 22.5 Å². The van der Waals surface area contributed by atoms with Crippen LogP contribution in [-0.4, -0.2) is 46.0 Å². The van der Waals surface area contributed by atoms with Crippen molar-refractivity contribution in [2.75, 3.05) is 24.6 Å². The molecule has 2 aromatic carbocycles. The minimum atomic E-state index is -1.19. The summed E-state index contributed by atoms with van der Waals surface area (Å²) in [6, 6.07) is 13.0. The van der Waals surface area contributed by atoms with Crippen LogP contribution in [0.4, 0.5) is 16.0 Å². The van der Waals surface area contributed by atoms with E-state index in [2.05, 4.69) is 10.3 Å². The first-order valence-electron chi connectivity index (χ1n) is 9.51. The smallest absolute Gasteiger partial charge is 0.245 e. The number of aromatic hydroxyl groups is 1. The summed E-state index contributed by atoms with van der Waals surface area (Å²) in [5.74, 6) is 0.685. The molecule has 3 aromatic rings. The van der Waals surface area contributed by atoms with Crippen molar-refractivity contribution in [3.8, 4) is 5.75 Å². The molecule has 2 heterocycles. The number of phenolic OH excluding ortho intramolecular Hbond substituents is 1. The number of aromatic nitrogens is 2. The van der Waals surface area contributed by atoms with Crippen LogP contribution in [0.25, 0.3) is 10.9 Å². The molecule has 0 saturated carbocycles. The van der Waals surface area contributed by atoms with Gasteiger partial charge in [-0.3, -0.25) is 0 Å². The van der Waals surface area contributed by atoms with Crippen LogP contribution >= 0.6 is 0 Å². The van der Waals surface area contributed by atoms with E-state index in [0.717, 1.165) is 16.6 Å². The van der Waals surface area contributed by atoms with Crippen LogP contribution in [0.1, 0.15) is 25.3 Å². The van der Waals surface area contributed by atoms with Crippen molar-refractivity contribution in [2.45, 2.75) is 26.1 Å². The Bertz CT molecular complexity index is 966. The van der Waals surface area contributed by atoms with Gasteiger partial charge in [0.25, 0.3) is 0 Å². The highest BCUT2D eigenvalue weighted by atomic mass is 19.1. The number of hydrazine groups is 1. The third-order valence-corrected chi connectivity index (χ3v) is 4.93. The van der Waals surface area contributed by atoms with E-state index in [4.69, 9.17) is 4.98 Å². The molecule has 1 unspecified atom stereocenters. The van der Waals surface area contributed by atoms with Gasteiger partial charge in [0, 0.05) is 36.8 Å². The highest BCUT2D eigenvalue weighted by Gasteiger charge is 2.30. The van der Waals surface area contributed by atoms with Gasteiger partial charge in [-0.15, -0.1) is 0 Å². The monoisotopic (exact) mass is 381 g/mol. The molecule has 0 aliphatic carbocycles. The molecule has 146 valence electrons. The fourth-order valence-electron chi connectivity index (χ4n) is 3.60. The van der Waals surface area contributed by atoms with Crippen LogP contribution in [-0.2, 0) is 0 Å². The number of nitrogens with one attached hydrogen (secondary N) is 1. The lowest BCUT2D eigenvalue weighted by molar-refractivity contribution is 0.0577. The number of hydrogen-bond acceptors (Lipinski definition) is 6. The summed E-state index contributed by atoms with van der Waals surface area (Å²) >= 11 is 0. The third-order valence-electron chi connectivity index (χ3n) is 4.93. The van der Waals surface area contributed by atoms with Crippen LogP contribution in [0.2, 0.25) is 0 Å². The number of benzene rings is 2. The Labute approximate surface area is 163 Å². The molecule has 1 saturated heterocycles. The van der Waals surface area contributed by atoms with Crippen molar-refractivity contribution < 1.29 is 9.50 Å². The Morgan fingerprint density at radius 3 is 2.71 bits per heavy atom. The minimum absolute atomic E-state index is 0.0877. The van der Waals surface area contributed by atoms with Crippen molar-refractivity contribution in [1.29, 1.82) is 0 Å². The molecule has 1 fully saturated rings. The lowest BCUT2D eigenvalue weighted by Crippen LogP contribution is -2.55. The van der Waals surface area contributed by atoms with Crippen LogP contribution in [0, 0.1) is 0 Å². The van der Waals surface area contributed by atoms with Crippen molar-refractivity contribution in [2.24, 2.45) is 0 Å². The standard InChI is InChI=1S/C21H24FN5O/c1-14(2)19-17(28)9-8-15-12-24-21(25-20(15)19)27(16-6-4-3-5-7-16)26-11-10-23-13-18(26)22/h3-9,12,14,18,23,28H,10-11,13H2,1-2H3. The second-order valence-corrected chi connectivity index (χ2v) is 7.21. The molecular formula is C21H24FN5O. The Morgan fingerprint density at radius 2 is 2.00 bits per heavy atom. The molecule has 28 heavy (non-hydrogen) atoms. The molecular weight excluding hydrogens is 357 g/mol. The van der Waals surface area contributed by atoms with E-state index < -0.39 is 6.30 Å². The normalized spacial score (nSPS) is 17.9. The van der Waals surface area contributed by atoms with Crippen LogP contribution in [0.5, 0.6) is 5.75 Å². The summed E-state index contributed by atoms with van der Waals surface area (Å²) in [7, 11) is 0. The fraction of sp³-hybridized carbons (Fsp3) is 0.333. The van der Waals surface area contributed by atoms with Crippen LogP contribution < -0.4 is 10.3 Å². The molecule has 1 aromatic heterocycles. The molecule has 0 radical (unpaired) electrons. The zero-order valence-electron chi connectivity index (χ0n) is 16.0. The zero-order valence-corrected chi connectivity index (χ0v) is 16.0. The maximum absolute atomic E-state index is 14.8. The number of para-hydroxylation sites is 1. The summed E-state index contributed by atoms with van der Waals surface area (Å²) in [6.07, 6.45) is 0.538. The Kier molecular flexibility index (Phi) is 5.11. The molecule has 0 spiro atoms. The van der Waals surface area contributed by atoms with E-state index >= 15 is 0 Å². The van der Waals surface area contributed by atoms with Gasteiger partial charge in [0.1, 0.15) is 5.75 Å². The number of fused-ring (bicyclic) bond motifs is 1. The molecule has 6 nitrogen and oxygen atoms in total. The van der Waals surface area contributed by atoms with Gasteiger partial charge < -0.3 is 10.4 Å². The highest BCUT2D eigenvalue weighted by molar-refractivity contribution is 5.85. The third kappa shape index (κ3) is 3.39. The van der Waals surface area contributed by atoms with Gasteiger partial charge in [0.2, 0.25) is 5.95 Å². The van der Waals surface area contributed by atoms with Crippen molar-refractivity contribution in [3.63, 3.8) is 0 Å². The molecule has 1 aliphatic rings. The molecule has 2 N–H and O–H groups in total. The topological polar surface area (TPSA) is 64.5 Å². The number of nitrogens with zero attached hydrogens (tertiary/aromatic N) is 4. The summed E-state index contributed by atoms with van der Waals surface area (Å²) in [4.78, 5) is 9.30. The predicted octanol–water partition coefficient (Wildman–Crippen LogP) is 3.71. The molecule has 1 aliphatic heterocycles. The number of rotatable bonds is 4. The molecule has 7 heteroatoms. The Hall–Kier alpha value is -2.77. The van der Waals surface area contributed by atoms with Crippen molar-refractivity contribution in [1.82, 2.24) is 20.3 Å². The second-order valence-electron chi connectivity index (χ2n) is 7.21. The van der Waals surface area contributed by atoms with E-state index in [-0.39, 0.29) is 18.2 Å². The molecule has 0 bridgehead atoms. The zero-order chi connectivity index (χ0) is 19.7. The van der Waals surface area contributed by atoms with Crippen LogP contribution in [0.3, 0.4) is 0 Å².